The predicted molar refractivity (Wildman–Crippen MR) is 103 cm³/mol. The number of nitrogens with one attached hydrogen (secondary N) is 1. The topological polar surface area (TPSA) is 136 Å². The zero-order valence-electron chi connectivity index (χ0n) is 16.0. The summed E-state index contributed by atoms with van der Waals surface area (Å²) >= 11 is 0. The molecule has 11 heteroatoms. The number of amides is 1. The second-order valence-electron chi connectivity index (χ2n) is 6.84. The van der Waals surface area contributed by atoms with Crippen LogP contribution in [0.2, 0.25) is 0 Å². The lowest BCUT2D eigenvalue weighted by atomic mass is 10.1. The molecule has 1 aliphatic heterocycles. The van der Waals surface area contributed by atoms with Crippen molar-refractivity contribution in [2.75, 3.05) is 6.54 Å². The SMILES string of the molecule is O=C(O)CNC(=O)c1c(O)c2c(n(Cc3ccn(-c4ccc(F)cc4)n3)c1=O)COC2. The van der Waals surface area contributed by atoms with Gasteiger partial charge >= 0.3 is 5.97 Å². The summed E-state index contributed by atoms with van der Waals surface area (Å²) < 4.78 is 21.3. The molecule has 10 nitrogen and oxygen atoms in total. The maximum absolute atomic E-state index is 13.1. The van der Waals surface area contributed by atoms with Gasteiger partial charge in [0, 0.05) is 11.8 Å². The number of carboxylic acids is 1. The van der Waals surface area contributed by atoms with Gasteiger partial charge in [0.1, 0.15) is 23.7 Å². The van der Waals surface area contributed by atoms with Gasteiger partial charge in [-0.1, -0.05) is 0 Å². The fourth-order valence-corrected chi connectivity index (χ4v) is 3.34. The van der Waals surface area contributed by atoms with Crippen molar-refractivity contribution in [1.82, 2.24) is 19.7 Å². The minimum atomic E-state index is -1.29. The Morgan fingerprint density at radius 2 is 1.94 bits per heavy atom. The molecule has 0 unspecified atom stereocenters. The van der Waals surface area contributed by atoms with Gasteiger partial charge in [0.2, 0.25) is 0 Å². The molecule has 160 valence electrons. The van der Waals surface area contributed by atoms with Crippen LogP contribution in [0.1, 0.15) is 27.3 Å². The van der Waals surface area contributed by atoms with Gasteiger partial charge in [0.25, 0.3) is 11.5 Å². The van der Waals surface area contributed by atoms with Gasteiger partial charge in [0.05, 0.1) is 36.8 Å². The highest BCUT2D eigenvalue weighted by molar-refractivity contribution is 5.98. The van der Waals surface area contributed by atoms with E-state index in [1.165, 1.54) is 21.4 Å². The minimum Gasteiger partial charge on any atom is -0.506 e. The summed E-state index contributed by atoms with van der Waals surface area (Å²) in [4.78, 5) is 36.1. The van der Waals surface area contributed by atoms with Crippen molar-refractivity contribution >= 4 is 11.9 Å². The summed E-state index contributed by atoms with van der Waals surface area (Å²) in [7, 11) is 0. The molecule has 0 saturated heterocycles. The van der Waals surface area contributed by atoms with Gasteiger partial charge in [-0.05, 0) is 30.3 Å². The maximum atomic E-state index is 13.1. The molecule has 3 aromatic rings. The van der Waals surface area contributed by atoms with Crippen molar-refractivity contribution in [3.63, 3.8) is 0 Å². The van der Waals surface area contributed by atoms with Crippen molar-refractivity contribution < 1.29 is 28.9 Å². The van der Waals surface area contributed by atoms with E-state index < -0.39 is 35.3 Å². The third kappa shape index (κ3) is 3.90. The quantitative estimate of drug-likeness (QED) is 0.528. The highest BCUT2D eigenvalue weighted by Crippen LogP contribution is 2.30. The number of hydrogen-bond donors (Lipinski definition) is 3. The van der Waals surface area contributed by atoms with Crippen molar-refractivity contribution in [1.29, 1.82) is 0 Å². The zero-order valence-corrected chi connectivity index (χ0v) is 16.0. The molecule has 3 heterocycles. The Bertz CT molecular complexity index is 1230. The lowest BCUT2D eigenvalue weighted by Crippen LogP contribution is -2.37. The van der Waals surface area contributed by atoms with E-state index in [1.54, 1.807) is 24.4 Å². The molecule has 0 radical (unpaired) electrons. The zero-order chi connectivity index (χ0) is 22.1. The standard InChI is InChI=1S/C20H17FN4O6/c21-11-1-3-13(4-2-11)25-6-5-12(23-25)8-24-15-10-31-9-14(15)18(28)17(20(24)30)19(29)22-7-16(26)27/h1-6,28H,7-10H2,(H,22,29)(H,26,27). The second-order valence-corrected chi connectivity index (χ2v) is 6.84. The van der Waals surface area contributed by atoms with Crippen molar-refractivity contribution in [3.05, 3.63) is 75.2 Å². The lowest BCUT2D eigenvalue weighted by Gasteiger charge is -2.14. The number of pyridine rings is 1. The van der Waals surface area contributed by atoms with Crippen LogP contribution >= 0.6 is 0 Å². The number of aromatic hydroxyl groups is 1. The lowest BCUT2D eigenvalue weighted by molar-refractivity contribution is -0.135. The van der Waals surface area contributed by atoms with E-state index in [-0.39, 0.29) is 31.1 Å². The molecular weight excluding hydrogens is 411 g/mol. The molecule has 4 rings (SSSR count). The van der Waals surface area contributed by atoms with Crippen molar-refractivity contribution in [2.45, 2.75) is 19.8 Å². The number of aromatic nitrogens is 3. The largest absolute Gasteiger partial charge is 0.506 e. The maximum Gasteiger partial charge on any atom is 0.322 e. The summed E-state index contributed by atoms with van der Waals surface area (Å²) in [6.07, 6.45) is 1.64. The number of rotatable bonds is 6. The molecule has 0 saturated carbocycles. The molecule has 0 fully saturated rings. The van der Waals surface area contributed by atoms with E-state index in [9.17, 15) is 23.9 Å². The van der Waals surface area contributed by atoms with E-state index in [2.05, 4.69) is 10.4 Å². The van der Waals surface area contributed by atoms with Crippen LogP contribution in [0.15, 0.2) is 41.3 Å². The first-order chi connectivity index (χ1) is 14.8. The van der Waals surface area contributed by atoms with E-state index in [1.807, 2.05) is 0 Å². The second kappa shape index (κ2) is 8.03. The van der Waals surface area contributed by atoms with E-state index in [4.69, 9.17) is 9.84 Å². The molecule has 0 atom stereocenters. The molecule has 1 aliphatic rings. The smallest absolute Gasteiger partial charge is 0.322 e. The number of carbonyl (C=O) groups excluding carboxylic acids is 1. The average molecular weight is 428 g/mol. The molecule has 0 aliphatic carbocycles. The number of ether oxygens (including phenoxy) is 1. The Kier molecular flexibility index (Phi) is 5.26. The number of benzene rings is 1. The monoisotopic (exact) mass is 428 g/mol. The van der Waals surface area contributed by atoms with Crippen LogP contribution in [0.5, 0.6) is 5.75 Å². The number of hydrogen-bond acceptors (Lipinski definition) is 6. The summed E-state index contributed by atoms with van der Waals surface area (Å²) in [5.41, 5.74) is 0.451. The first-order valence-electron chi connectivity index (χ1n) is 9.21. The molecule has 2 aromatic heterocycles. The number of halogens is 1. The first kappa shape index (κ1) is 20.3. The Hall–Kier alpha value is -3.99. The molecule has 1 amide bonds. The normalized spacial score (nSPS) is 12.5. The number of carboxylic acid groups (broad SMARTS) is 1. The number of carbonyl (C=O) groups is 2. The predicted octanol–water partition coefficient (Wildman–Crippen LogP) is 0.772. The third-order valence-corrected chi connectivity index (χ3v) is 4.82. The molecule has 31 heavy (non-hydrogen) atoms. The van der Waals surface area contributed by atoms with Gasteiger partial charge in [-0.15, -0.1) is 0 Å². The summed E-state index contributed by atoms with van der Waals surface area (Å²) in [5, 5.41) is 25.7. The van der Waals surface area contributed by atoms with Crippen LogP contribution in [-0.2, 0) is 29.3 Å². The third-order valence-electron chi connectivity index (χ3n) is 4.82. The Morgan fingerprint density at radius 1 is 1.19 bits per heavy atom. The van der Waals surface area contributed by atoms with E-state index in [0.717, 1.165) is 0 Å². The fourth-order valence-electron chi connectivity index (χ4n) is 3.34. The Labute approximate surface area is 174 Å². The van der Waals surface area contributed by atoms with Gasteiger partial charge < -0.3 is 24.8 Å². The van der Waals surface area contributed by atoms with Crippen LogP contribution in [0.4, 0.5) is 4.39 Å². The van der Waals surface area contributed by atoms with E-state index in [0.29, 0.717) is 17.1 Å². The number of aliphatic carboxylic acids is 1. The minimum absolute atomic E-state index is 0.00464. The average Bonchev–Trinajstić information content (AvgIpc) is 3.40. The highest BCUT2D eigenvalue weighted by Gasteiger charge is 2.29. The summed E-state index contributed by atoms with van der Waals surface area (Å²) in [6, 6.07) is 7.36. The van der Waals surface area contributed by atoms with Crippen LogP contribution < -0.4 is 10.9 Å². The summed E-state index contributed by atoms with van der Waals surface area (Å²) in [5.74, 6) is -3.18. The van der Waals surface area contributed by atoms with Gasteiger partial charge in [-0.3, -0.25) is 14.4 Å². The summed E-state index contributed by atoms with van der Waals surface area (Å²) in [6.45, 7) is -0.649. The van der Waals surface area contributed by atoms with Crippen LogP contribution in [0.25, 0.3) is 5.69 Å². The fraction of sp³-hybridized carbons (Fsp3) is 0.200. The Balaban J connectivity index is 1.70. The van der Waals surface area contributed by atoms with Gasteiger partial charge in [-0.2, -0.15) is 5.10 Å². The van der Waals surface area contributed by atoms with Crippen molar-refractivity contribution in [2.24, 2.45) is 0 Å². The number of nitrogens with zero attached hydrogens (tertiary/aromatic N) is 3. The van der Waals surface area contributed by atoms with Crippen LogP contribution in [-0.4, -0.2) is 43.0 Å². The van der Waals surface area contributed by atoms with Gasteiger partial charge in [0.15, 0.2) is 0 Å². The molecular formula is C20H17FN4O6. The first-order valence-corrected chi connectivity index (χ1v) is 9.21. The van der Waals surface area contributed by atoms with Crippen LogP contribution in [0, 0.1) is 5.82 Å². The van der Waals surface area contributed by atoms with Crippen molar-refractivity contribution in [3.8, 4) is 11.4 Å². The molecule has 3 N–H and O–H groups in total. The molecule has 0 spiro atoms. The van der Waals surface area contributed by atoms with E-state index >= 15 is 0 Å². The van der Waals surface area contributed by atoms with Crippen LogP contribution in [0.3, 0.4) is 0 Å². The highest BCUT2D eigenvalue weighted by atomic mass is 19.1. The number of fused-ring (bicyclic) bond motifs is 1. The molecule has 1 aromatic carbocycles. The molecule has 0 bridgehead atoms. The van der Waals surface area contributed by atoms with Gasteiger partial charge in [-0.25, -0.2) is 9.07 Å². The Morgan fingerprint density at radius 3 is 2.65 bits per heavy atom.